The van der Waals surface area contributed by atoms with Crippen molar-refractivity contribution in [3.8, 4) is 0 Å². The standard InChI is InChI=1S/C11H19NO3/c1-8(14)12-9(10(2,3)4)15-7-11(12,5)6-13/h6,9H,7H2,1-5H3. The van der Waals surface area contributed by atoms with Crippen LogP contribution in [0.5, 0.6) is 0 Å². The van der Waals surface area contributed by atoms with Crippen LogP contribution in [0.15, 0.2) is 0 Å². The maximum atomic E-state index is 11.6. The van der Waals surface area contributed by atoms with Crippen molar-refractivity contribution in [2.45, 2.75) is 46.4 Å². The van der Waals surface area contributed by atoms with Crippen LogP contribution in [0.3, 0.4) is 0 Å². The SMILES string of the molecule is CC(=O)N1C(C(C)(C)C)OCC1(C)C=O. The highest BCUT2D eigenvalue weighted by atomic mass is 16.5. The second-order valence-electron chi connectivity index (χ2n) is 5.39. The van der Waals surface area contributed by atoms with E-state index in [1.54, 1.807) is 11.8 Å². The highest BCUT2D eigenvalue weighted by Gasteiger charge is 2.49. The molecule has 1 saturated heterocycles. The molecule has 1 heterocycles. The minimum absolute atomic E-state index is 0.123. The van der Waals surface area contributed by atoms with Crippen LogP contribution in [0.1, 0.15) is 34.6 Å². The fourth-order valence-corrected chi connectivity index (χ4v) is 1.91. The summed E-state index contributed by atoms with van der Waals surface area (Å²) in [6.07, 6.45) is 0.463. The first-order chi connectivity index (χ1) is 6.72. The van der Waals surface area contributed by atoms with Gasteiger partial charge in [-0.3, -0.25) is 4.79 Å². The van der Waals surface area contributed by atoms with Gasteiger partial charge < -0.3 is 14.4 Å². The van der Waals surface area contributed by atoms with Crippen molar-refractivity contribution in [2.24, 2.45) is 5.41 Å². The number of rotatable bonds is 1. The third kappa shape index (κ3) is 2.04. The summed E-state index contributed by atoms with van der Waals surface area (Å²) in [4.78, 5) is 24.1. The third-order valence-corrected chi connectivity index (χ3v) is 2.65. The predicted octanol–water partition coefficient (Wildman–Crippen LogP) is 1.19. The lowest BCUT2D eigenvalue weighted by molar-refractivity contribution is -0.146. The van der Waals surface area contributed by atoms with Crippen molar-refractivity contribution in [3.63, 3.8) is 0 Å². The molecular formula is C11H19NO3. The molecule has 2 atom stereocenters. The molecule has 0 aromatic rings. The number of aldehydes is 1. The fourth-order valence-electron chi connectivity index (χ4n) is 1.91. The summed E-state index contributed by atoms with van der Waals surface area (Å²) in [6, 6.07) is 0. The first-order valence-corrected chi connectivity index (χ1v) is 5.10. The lowest BCUT2D eigenvalue weighted by Gasteiger charge is -2.37. The van der Waals surface area contributed by atoms with E-state index >= 15 is 0 Å². The van der Waals surface area contributed by atoms with Crippen molar-refractivity contribution >= 4 is 12.2 Å². The first kappa shape index (κ1) is 12.2. The molecule has 4 heteroatoms. The monoisotopic (exact) mass is 213 g/mol. The molecule has 86 valence electrons. The van der Waals surface area contributed by atoms with Crippen molar-refractivity contribution < 1.29 is 14.3 Å². The van der Waals surface area contributed by atoms with E-state index in [9.17, 15) is 9.59 Å². The van der Waals surface area contributed by atoms with Crippen LogP contribution in [0, 0.1) is 5.41 Å². The number of amides is 1. The molecule has 0 aromatic carbocycles. The fraction of sp³-hybridized carbons (Fsp3) is 0.818. The normalized spacial score (nSPS) is 31.8. The Hall–Kier alpha value is -0.900. The molecule has 1 fully saturated rings. The third-order valence-electron chi connectivity index (χ3n) is 2.65. The van der Waals surface area contributed by atoms with Crippen LogP contribution in [-0.2, 0) is 14.3 Å². The zero-order valence-corrected chi connectivity index (χ0v) is 10.0. The summed E-state index contributed by atoms with van der Waals surface area (Å²) in [5.41, 5.74) is -1.00. The van der Waals surface area contributed by atoms with E-state index in [2.05, 4.69) is 0 Å². The van der Waals surface area contributed by atoms with Crippen LogP contribution >= 0.6 is 0 Å². The van der Waals surface area contributed by atoms with Gasteiger partial charge in [-0.1, -0.05) is 20.8 Å². The van der Waals surface area contributed by atoms with Gasteiger partial charge in [-0.15, -0.1) is 0 Å². The van der Waals surface area contributed by atoms with E-state index in [0.717, 1.165) is 6.29 Å². The maximum Gasteiger partial charge on any atom is 0.222 e. The van der Waals surface area contributed by atoms with Gasteiger partial charge in [-0.25, -0.2) is 0 Å². The Balaban J connectivity index is 3.05. The van der Waals surface area contributed by atoms with E-state index in [0.29, 0.717) is 0 Å². The molecule has 15 heavy (non-hydrogen) atoms. The van der Waals surface area contributed by atoms with Crippen LogP contribution in [0.2, 0.25) is 0 Å². The van der Waals surface area contributed by atoms with E-state index in [1.807, 2.05) is 20.8 Å². The highest BCUT2D eigenvalue weighted by Crippen LogP contribution is 2.35. The van der Waals surface area contributed by atoms with Gasteiger partial charge in [-0.2, -0.15) is 0 Å². The lowest BCUT2D eigenvalue weighted by Crippen LogP contribution is -2.53. The summed E-state index contributed by atoms with van der Waals surface area (Å²) in [5.74, 6) is -0.123. The lowest BCUT2D eigenvalue weighted by atomic mass is 9.91. The largest absolute Gasteiger partial charge is 0.355 e. The average Bonchev–Trinajstić information content (AvgIpc) is 2.43. The first-order valence-electron chi connectivity index (χ1n) is 5.10. The molecular weight excluding hydrogens is 194 g/mol. The smallest absolute Gasteiger partial charge is 0.222 e. The van der Waals surface area contributed by atoms with Crippen molar-refractivity contribution in [1.82, 2.24) is 4.90 Å². The molecule has 4 nitrogen and oxygen atoms in total. The number of nitrogens with zero attached hydrogens (tertiary/aromatic N) is 1. The van der Waals surface area contributed by atoms with E-state index in [-0.39, 0.29) is 24.2 Å². The van der Waals surface area contributed by atoms with Gasteiger partial charge in [-0.05, 0) is 6.92 Å². The molecule has 2 unspecified atom stereocenters. The average molecular weight is 213 g/mol. The Labute approximate surface area is 90.6 Å². The maximum absolute atomic E-state index is 11.6. The number of carbonyl (C=O) groups excluding carboxylic acids is 2. The van der Waals surface area contributed by atoms with Crippen molar-refractivity contribution in [1.29, 1.82) is 0 Å². The van der Waals surface area contributed by atoms with Gasteiger partial charge in [0, 0.05) is 12.3 Å². The Bertz CT molecular complexity index is 282. The highest BCUT2D eigenvalue weighted by molar-refractivity contribution is 5.80. The van der Waals surface area contributed by atoms with E-state index < -0.39 is 5.54 Å². The molecule has 1 aliphatic heterocycles. The molecule has 1 rings (SSSR count). The predicted molar refractivity (Wildman–Crippen MR) is 56.2 cm³/mol. The van der Waals surface area contributed by atoms with Gasteiger partial charge in [0.15, 0.2) is 0 Å². The van der Waals surface area contributed by atoms with Gasteiger partial charge in [0.1, 0.15) is 18.1 Å². The zero-order chi connectivity index (χ0) is 11.9. The molecule has 0 bridgehead atoms. The van der Waals surface area contributed by atoms with Crippen molar-refractivity contribution in [2.75, 3.05) is 6.61 Å². The molecule has 1 amide bonds. The molecule has 0 aromatic heterocycles. The van der Waals surface area contributed by atoms with Crippen molar-refractivity contribution in [3.05, 3.63) is 0 Å². The number of carbonyl (C=O) groups is 2. The van der Waals surface area contributed by atoms with Crippen LogP contribution in [0.4, 0.5) is 0 Å². The van der Waals surface area contributed by atoms with Gasteiger partial charge in [0.25, 0.3) is 0 Å². The molecule has 1 aliphatic rings. The zero-order valence-electron chi connectivity index (χ0n) is 10.0. The second-order valence-corrected chi connectivity index (χ2v) is 5.39. The molecule has 0 saturated carbocycles. The topological polar surface area (TPSA) is 46.6 Å². The number of ether oxygens (including phenoxy) is 1. The van der Waals surface area contributed by atoms with Gasteiger partial charge in [0.2, 0.25) is 5.91 Å². The number of hydrogen-bond acceptors (Lipinski definition) is 3. The van der Waals surface area contributed by atoms with E-state index in [4.69, 9.17) is 4.74 Å². The van der Waals surface area contributed by atoms with Crippen LogP contribution in [0.25, 0.3) is 0 Å². The molecule has 0 radical (unpaired) electrons. The number of hydrogen-bond donors (Lipinski definition) is 0. The van der Waals surface area contributed by atoms with E-state index in [1.165, 1.54) is 6.92 Å². The Kier molecular flexibility index (Phi) is 2.92. The van der Waals surface area contributed by atoms with Crippen LogP contribution < -0.4 is 0 Å². The van der Waals surface area contributed by atoms with Gasteiger partial charge in [0.05, 0.1) is 6.61 Å². The quantitative estimate of drug-likeness (QED) is 0.615. The summed E-state index contributed by atoms with van der Waals surface area (Å²) in [6.45, 7) is 9.44. The Morgan fingerprint density at radius 3 is 2.40 bits per heavy atom. The summed E-state index contributed by atoms with van der Waals surface area (Å²) in [5, 5.41) is 0. The summed E-state index contributed by atoms with van der Waals surface area (Å²) >= 11 is 0. The summed E-state index contributed by atoms with van der Waals surface area (Å²) < 4.78 is 5.57. The van der Waals surface area contributed by atoms with Gasteiger partial charge >= 0.3 is 0 Å². The molecule has 0 spiro atoms. The summed E-state index contributed by atoms with van der Waals surface area (Å²) in [7, 11) is 0. The Morgan fingerprint density at radius 1 is 1.53 bits per heavy atom. The minimum atomic E-state index is -0.816. The molecule has 0 aliphatic carbocycles. The second kappa shape index (κ2) is 3.59. The minimum Gasteiger partial charge on any atom is -0.355 e. The Morgan fingerprint density at radius 2 is 2.07 bits per heavy atom. The molecule has 0 N–H and O–H groups in total. The van der Waals surface area contributed by atoms with Crippen LogP contribution in [-0.4, -0.2) is 35.5 Å².